The topological polar surface area (TPSA) is 72.9 Å². The summed E-state index contributed by atoms with van der Waals surface area (Å²) in [6.45, 7) is 2.67. The number of urea groups is 1. The Kier molecular flexibility index (Phi) is 4.35. The summed E-state index contributed by atoms with van der Waals surface area (Å²) in [6.07, 6.45) is 0. The van der Waals surface area contributed by atoms with Crippen LogP contribution in [0, 0.1) is 11.8 Å². The van der Waals surface area contributed by atoms with Gasteiger partial charge in [-0.2, -0.15) is 0 Å². The van der Waals surface area contributed by atoms with Crippen LogP contribution in [0.1, 0.15) is 6.92 Å². The van der Waals surface area contributed by atoms with Crippen LogP contribution in [0.3, 0.4) is 0 Å². The Morgan fingerprint density at radius 1 is 1.29 bits per heavy atom. The van der Waals surface area contributed by atoms with E-state index in [-0.39, 0.29) is 11.9 Å². The average molecular weight is 291 g/mol. The average Bonchev–Trinajstić information content (AvgIpc) is 2.37. The Hall–Kier alpha value is -2.24. The smallest absolute Gasteiger partial charge is 0.321 e. The number of nitrogens with one attached hydrogen (secondary N) is 1. The minimum absolute atomic E-state index is 0.0457. The third kappa shape index (κ3) is 3.45. The van der Waals surface area contributed by atoms with E-state index in [1.807, 2.05) is 43.3 Å². The van der Waals surface area contributed by atoms with Crippen LogP contribution in [0.15, 0.2) is 24.3 Å². The van der Waals surface area contributed by atoms with E-state index in [4.69, 9.17) is 5.11 Å². The van der Waals surface area contributed by atoms with Crippen molar-refractivity contribution in [2.75, 3.05) is 37.4 Å². The van der Waals surface area contributed by atoms with Gasteiger partial charge in [-0.15, -0.1) is 0 Å². The van der Waals surface area contributed by atoms with Gasteiger partial charge in [0.15, 0.2) is 0 Å². The molecule has 1 aromatic carbocycles. The standard InChI is InChI=1S/C15H21N3O3/c1-10(14(19)20)11-8-18(9-11)15(21)16-12-4-6-13(7-5-12)17(2)3/h4-7,10-11H,8-9H2,1-3H3,(H,16,21)(H,19,20). The summed E-state index contributed by atoms with van der Waals surface area (Å²) in [5.41, 5.74) is 1.80. The van der Waals surface area contributed by atoms with Crippen molar-refractivity contribution < 1.29 is 14.7 Å². The van der Waals surface area contributed by atoms with Gasteiger partial charge in [0, 0.05) is 44.5 Å². The number of likely N-dealkylation sites (tertiary alicyclic amines) is 1. The number of carbonyl (C=O) groups excluding carboxylic acids is 1. The van der Waals surface area contributed by atoms with Gasteiger partial charge in [0.05, 0.1) is 5.92 Å². The third-order valence-corrected chi connectivity index (χ3v) is 3.93. The molecule has 0 aliphatic carbocycles. The Balaban J connectivity index is 1.85. The van der Waals surface area contributed by atoms with Gasteiger partial charge in [-0.25, -0.2) is 4.79 Å². The molecule has 0 radical (unpaired) electrons. The molecule has 0 aromatic heterocycles. The first-order valence-corrected chi connectivity index (χ1v) is 6.94. The minimum Gasteiger partial charge on any atom is -0.481 e. The molecule has 2 rings (SSSR count). The van der Waals surface area contributed by atoms with Gasteiger partial charge in [-0.3, -0.25) is 4.79 Å². The van der Waals surface area contributed by atoms with Crippen LogP contribution in [-0.2, 0) is 4.79 Å². The first-order chi connectivity index (χ1) is 9.88. The zero-order chi connectivity index (χ0) is 15.6. The van der Waals surface area contributed by atoms with Gasteiger partial charge in [0.1, 0.15) is 0 Å². The zero-order valence-corrected chi connectivity index (χ0v) is 12.5. The van der Waals surface area contributed by atoms with E-state index in [9.17, 15) is 9.59 Å². The summed E-state index contributed by atoms with van der Waals surface area (Å²) >= 11 is 0. The van der Waals surface area contributed by atoms with Crippen LogP contribution in [0.25, 0.3) is 0 Å². The predicted molar refractivity (Wildman–Crippen MR) is 81.7 cm³/mol. The molecule has 2 N–H and O–H groups in total. The van der Waals surface area contributed by atoms with Gasteiger partial charge in [0.25, 0.3) is 0 Å². The number of nitrogens with zero attached hydrogens (tertiary/aromatic N) is 2. The number of carbonyl (C=O) groups is 2. The van der Waals surface area contributed by atoms with Gasteiger partial charge in [-0.05, 0) is 24.3 Å². The Labute approximate surface area is 124 Å². The van der Waals surface area contributed by atoms with Crippen LogP contribution in [0.5, 0.6) is 0 Å². The van der Waals surface area contributed by atoms with E-state index in [0.29, 0.717) is 13.1 Å². The molecule has 1 aromatic rings. The van der Waals surface area contributed by atoms with Gasteiger partial charge >= 0.3 is 12.0 Å². The van der Waals surface area contributed by atoms with Crippen LogP contribution >= 0.6 is 0 Å². The van der Waals surface area contributed by atoms with Crippen molar-refractivity contribution in [3.05, 3.63) is 24.3 Å². The van der Waals surface area contributed by atoms with Crippen molar-refractivity contribution in [3.63, 3.8) is 0 Å². The fourth-order valence-electron chi connectivity index (χ4n) is 2.24. The molecule has 1 saturated heterocycles. The van der Waals surface area contributed by atoms with Crippen molar-refractivity contribution in [3.8, 4) is 0 Å². The van der Waals surface area contributed by atoms with E-state index < -0.39 is 11.9 Å². The Morgan fingerprint density at radius 2 is 1.86 bits per heavy atom. The second kappa shape index (κ2) is 6.03. The number of carboxylic acids is 1. The molecule has 2 amide bonds. The van der Waals surface area contributed by atoms with Crippen molar-refractivity contribution in [1.29, 1.82) is 0 Å². The highest BCUT2D eigenvalue weighted by molar-refractivity contribution is 5.90. The molecule has 1 atom stereocenters. The monoisotopic (exact) mass is 291 g/mol. The lowest BCUT2D eigenvalue weighted by Gasteiger charge is -2.41. The molecule has 0 bridgehead atoms. The molecular formula is C15H21N3O3. The number of anilines is 2. The summed E-state index contributed by atoms with van der Waals surface area (Å²) in [5.74, 6) is -1.17. The van der Waals surface area contributed by atoms with E-state index in [1.165, 1.54) is 0 Å². The summed E-state index contributed by atoms with van der Waals surface area (Å²) in [7, 11) is 3.91. The molecule has 21 heavy (non-hydrogen) atoms. The van der Waals surface area contributed by atoms with Crippen LogP contribution in [-0.4, -0.2) is 49.2 Å². The highest BCUT2D eigenvalue weighted by Crippen LogP contribution is 2.25. The fourth-order valence-corrected chi connectivity index (χ4v) is 2.24. The largest absolute Gasteiger partial charge is 0.481 e. The SMILES string of the molecule is CC(C(=O)O)C1CN(C(=O)Nc2ccc(N(C)C)cc2)C1. The number of benzene rings is 1. The molecule has 1 heterocycles. The lowest BCUT2D eigenvalue weighted by Crippen LogP contribution is -2.54. The molecule has 1 aliphatic rings. The van der Waals surface area contributed by atoms with Gasteiger partial charge < -0.3 is 20.2 Å². The summed E-state index contributed by atoms with van der Waals surface area (Å²) < 4.78 is 0. The maximum Gasteiger partial charge on any atom is 0.321 e. The predicted octanol–water partition coefficient (Wildman–Crippen LogP) is 1.94. The zero-order valence-electron chi connectivity index (χ0n) is 12.5. The van der Waals surface area contributed by atoms with Crippen molar-refractivity contribution in [2.24, 2.45) is 11.8 Å². The van der Waals surface area contributed by atoms with Crippen LogP contribution in [0.4, 0.5) is 16.2 Å². The second-order valence-corrected chi connectivity index (χ2v) is 5.66. The van der Waals surface area contributed by atoms with Crippen molar-refractivity contribution in [1.82, 2.24) is 4.90 Å². The molecule has 114 valence electrons. The molecule has 1 fully saturated rings. The summed E-state index contributed by atoms with van der Waals surface area (Å²) in [5, 5.41) is 11.7. The molecule has 1 aliphatic heterocycles. The maximum atomic E-state index is 12.0. The number of aliphatic carboxylic acids is 1. The normalized spacial score (nSPS) is 16.0. The van der Waals surface area contributed by atoms with Gasteiger partial charge in [0.2, 0.25) is 0 Å². The molecule has 0 saturated carbocycles. The maximum absolute atomic E-state index is 12.0. The number of carboxylic acid groups (broad SMARTS) is 1. The van der Waals surface area contributed by atoms with E-state index in [0.717, 1.165) is 11.4 Å². The highest BCUT2D eigenvalue weighted by Gasteiger charge is 2.37. The highest BCUT2D eigenvalue weighted by atomic mass is 16.4. The van der Waals surface area contributed by atoms with E-state index in [2.05, 4.69) is 5.32 Å². The minimum atomic E-state index is -0.806. The lowest BCUT2D eigenvalue weighted by molar-refractivity contribution is -0.144. The molecule has 6 nitrogen and oxygen atoms in total. The molecule has 0 spiro atoms. The van der Waals surface area contributed by atoms with Crippen LogP contribution in [0.2, 0.25) is 0 Å². The first kappa shape index (κ1) is 15.2. The van der Waals surface area contributed by atoms with Crippen LogP contribution < -0.4 is 10.2 Å². The lowest BCUT2D eigenvalue weighted by atomic mass is 9.87. The quantitative estimate of drug-likeness (QED) is 0.889. The van der Waals surface area contributed by atoms with Crippen molar-refractivity contribution in [2.45, 2.75) is 6.92 Å². The molecule has 6 heteroatoms. The van der Waals surface area contributed by atoms with E-state index >= 15 is 0 Å². The molecular weight excluding hydrogens is 270 g/mol. The first-order valence-electron chi connectivity index (χ1n) is 6.94. The summed E-state index contributed by atoms with van der Waals surface area (Å²) in [4.78, 5) is 26.5. The second-order valence-electron chi connectivity index (χ2n) is 5.66. The Morgan fingerprint density at radius 3 is 2.33 bits per heavy atom. The molecule has 1 unspecified atom stereocenters. The Bertz CT molecular complexity index is 521. The summed E-state index contributed by atoms with van der Waals surface area (Å²) in [6, 6.07) is 7.39. The number of hydrogen-bond acceptors (Lipinski definition) is 3. The number of hydrogen-bond donors (Lipinski definition) is 2. The van der Waals surface area contributed by atoms with E-state index in [1.54, 1.807) is 11.8 Å². The van der Waals surface area contributed by atoms with Crippen molar-refractivity contribution >= 4 is 23.4 Å². The fraction of sp³-hybridized carbons (Fsp3) is 0.467. The third-order valence-electron chi connectivity index (χ3n) is 3.93. The number of amides is 2. The number of rotatable bonds is 4. The van der Waals surface area contributed by atoms with Gasteiger partial charge in [-0.1, -0.05) is 6.92 Å².